The summed E-state index contributed by atoms with van der Waals surface area (Å²) in [6, 6.07) is 2.64. The zero-order valence-corrected chi connectivity index (χ0v) is 19.7. The minimum absolute atomic E-state index is 0.00792. The Kier molecular flexibility index (Phi) is 6.27. The van der Waals surface area contributed by atoms with Gasteiger partial charge in [-0.05, 0) is 44.2 Å². The van der Waals surface area contributed by atoms with E-state index < -0.39 is 17.2 Å². The topological polar surface area (TPSA) is 66.9 Å². The quantitative estimate of drug-likeness (QED) is 0.696. The van der Waals surface area contributed by atoms with Gasteiger partial charge in [0.2, 0.25) is 5.91 Å². The van der Waals surface area contributed by atoms with Crippen LogP contribution < -0.4 is 10.2 Å². The van der Waals surface area contributed by atoms with Gasteiger partial charge in [0.1, 0.15) is 5.82 Å². The third-order valence-corrected chi connectivity index (χ3v) is 8.18. The van der Waals surface area contributed by atoms with E-state index in [4.69, 9.17) is 9.47 Å². The normalized spacial score (nSPS) is 35.9. The number of carbonyl (C=O) groups is 1. The van der Waals surface area contributed by atoms with Gasteiger partial charge in [-0.25, -0.2) is 4.98 Å². The van der Waals surface area contributed by atoms with Crippen LogP contribution in [0.4, 0.5) is 19.0 Å². The first kappa shape index (κ1) is 23.8. The number of alkyl halides is 3. The van der Waals surface area contributed by atoms with Crippen molar-refractivity contribution in [2.24, 2.45) is 5.41 Å². The highest BCUT2D eigenvalue weighted by atomic mass is 19.4. The summed E-state index contributed by atoms with van der Waals surface area (Å²) in [7, 11) is 1.71. The van der Waals surface area contributed by atoms with Crippen molar-refractivity contribution in [3.05, 3.63) is 23.9 Å². The number of anilines is 1. The number of hydrogen-bond acceptors (Lipinski definition) is 6. The Morgan fingerprint density at radius 2 is 2.12 bits per heavy atom. The summed E-state index contributed by atoms with van der Waals surface area (Å²) in [4.78, 5) is 21.7. The fraction of sp³-hybridized carbons (Fsp3) is 0.750. The molecule has 34 heavy (non-hydrogen) atoms. The molecule has 1 aromatic heterocycles. The molecule has 3 saturated heterocycles. The molecule has 0 unspecified atom stereocenters. The fourth-order valence-electron chi connectivity index (χ4n) is 6.31. The summed E-state index contributed by atoms with van der Waals surface area (Å²) in [6.07, 6.45) is 1.08. The first-order valence-corrected chi connectivity index (χ1v) is 12.2. The van der Waals surface area contributed by atoms with Crippen LogP contribution in [-0.4, -0.2) is 79.5 Å². The molecule has 2 bridgehead atoms. The van der Waals surface area contributed by atoms with Gasteiger partial charge in [-0.2, -0.15) is 13.2 Å². The number of piperazine rings is 1. The lowest BCUT2D eigenvalue weighted by molar-refractivity contribution is -0.142. The van der Waals surface area contributed by atoms with Gasteiger partial charge in [-0.3, -0.25) is 4.79 Å². The number of hydrogen-bond donors (Lipinski definition) is 1. The monoisotopic (exact) mass is 482 g/mol. The molecule has 4 aliphatic rings. The van der Waals surface area contributed by atoms with Crippen molar-refractivity contribution in [2.75, 3.05) is 38.3 Å². The SMILES string of the molecule is CO[C@@H]1COCC[C@@H]1N[C@@H]1CC[C@](C)(C(=O)N2C[C@H]3C[C@H]2CN3c2cc(C(F)(F)F)ccn2)C1. The van der Waals surface area contributed by atoms with E-state index in [-0.39, 0.29) is 36.2 Å². The standard InChI is InChI=1S/C24H33F3N4O3/c1-23(6-3-16(11-23)29-19-5-8-34-14-20(19)33-2)22(32)31-13-17-10-18(31)12-30(17)21-9-15(4-7-28-21)24(25,26)27/h4,7,9,16-20,29H,3,5-6,8,10-14H2,1-2H3/t16-,17-,18+,19+,20-,23+/m1/s1. The number of amides is 1. The molecule has 1 aliphatic carbocycles. The molecule has 188 valence electrons. The Morgan fingerprint density at radius 1 is 1.29 bits per heavy atom. The van der Waals surface area contributed by atoms with E-state index in [1.165, 1.54) is 6.20 Å². The van der Waals surface area contributed by atoms with Crippen molar-refractivity contribution in [2.45, 2.75) is 75.5 Å². The highest BCUT2D eigenvalue weighted by Crippen LogP contribution is 2.44. The predicted octanol–water partition coefficient (Wildman–Crippen LogP) is 2.84. The Bertz CT molecular complexity index is 916. The first-order chi connectivity index (χ1) is 16.2. The van der Waals surface area contributed by atoms with Crippen molar-refractivity contribution >= 4 is 11.7 Å². The average molecular weight is 483 g/mol. The van der Waals surface area contributed by atoms with E-state index in [1.54, 1.807) is 7.11 Å². The molecule has 10 heteroatoms. The van der Waals surface area contributed by atoms with Crippen LogP contribution in [0.25, 0.3) is 0 Å². The second-order valence-corrected chi connectivity index (χ2v) is 10.5. The van der Waals surface area contributed by atoms with Gasteiger partial charge in [0.15, 0.2) is 0 Å². The van der Waals surface area contributed by atoms with Gasteiger partial charge in [0.25, 0.3) is 0 Å². The van der Waals surface area contributed by atoms with Gasteiger partial charge in [0, 0.05) is 50.5 Å². The van der Waals surface area contributed by atoms with E-state index in [0.717, 1.165) is 44.2 Å². The minimum atomic E-state index is -4.39. The van der Waals surface area contributed by atoms with Crippen LogP contribution in [0.5, 0.6) is 0 Å². The van der Waals surface area contributed by atoms with Crippen LogP contribution in [0.3, 0.4) is 0 Å². The van der Waals surface area contributed by atoms with E-state index >= 15 is 0 Å². The van der Waals surface area contributed by atoms with Crippen molar-refractivity contribution in [1.82, 2.24) is 15.2 Å². The molecule has 5 rings (SSSR count). The highest BCUT2D eigenvalue weighted by Gasteiger charge is 2.52. The molecule has 0 radical (unpaired) electrons. The second-order valence-electron chi connectivity index (χ2n) is 10.5. The van der Waals surface area contributed by atoms with E-state index in [0.29, 0.717) is 32.1 Å². The summed E-state index contributed by atoms with van der Waals surface area (Å²) in [6.45, 7) is 4.44. The number of pyridine rings is 1. The molecule has 0 spiro atoms. The summed E-state index contributed by atoms with van der Waals surface area (Å²) >= 11 is 0. The summed E-state index contributed by atoms with van der Waals surface area (Å²) in [5.41, 5.74) is -1.11. The molecule has 4 heterocycles. The lowest BCUT2D eigenvalue weighted by atomic mass is 9.86. The third kappa shape index (κ3) is 4.40. The number of fused-ring (bicyclic) bond motifs is 2. The number of rotatable bonds is 5. The number of likely N-dealkylation sites (tertiary alicyclic amines) is 1. The number of nitrogens with one attached hydrogen (secondary N) is 1. The van der Waals surface area contributed by atoms with E-state index in [1.807, 2.05) is 9.80 Å². The van der Waals surface area contributed by atoms with Gasteiger partial charge >= 0.3 is 6.18 Å². The van der Waals surface area contributed by atoms with E-state index in [9.17, 15) is 18.0 Å². The Labute approximate surface area is 198 Å². The summed E-state index contributed by atoms with van der Waals surface area (Å²) in [5, 5.41) is 3.72. The molecular weight excluding hydrogens is 449 g/mol. The molecule has 1 N–H and O–H groups in total. The van der Waals surface area contributed by atoms with Gasteiger partial charge < -0.3 is 24.6 Å². The molecule has 1 saturated carbocycles. The second kappa shape index (κ2) is 8.95. The third-order valence-electron chi connectivity index (χ3n) is 8.18. The van der Waals surface area contributed by atoms with Crippen LogP contribution in [0.15, 0.2) is 18.3 Å². The predicted molar refractivity (Wildman–Crippen MR) is 119 cm³/mol. The minimum Gasteiger partial charge on any atom is -0.379 e. The van der Waals surface area contributed by atoms with Crippen LogP contribution in [-0.2, 0) is 20.4 Å². The number of ether oxygens (including phenoxy) is 2. The van der Waals surface area contributed by atoms with Gasteiger partial charge in [0.05, 0.1) is 30.4 Å². The smallest absolute Gasteiger partial charge is 0.379 e. The molecule has 4 fully saturated rings. The number of methoxy groups -OCH3 is 1. The molecule has 1 amide bonds. The Hall–Kier alpha value is -1.91. The molecule has 6 atom stereocenters. The summed E-state index contributed by atoms with van der Waals surface area (Å²) < 4.78 is 50.5. The largest absolute Gasteiger partial charge is 0.416 e. The average Bonchev–Trinajstić information content (AvgIpc) is 3.53. The Balaban J connectivity index is 1.20. The van der Waals surface area contributed by atoms with Crippen molar-refractivity contribution in [3.8, 4) is 0 Å². The maximum absolute atomic E-state index is 13.6. The zero-order valence-electron chi connectivity index (χ0n) is 19.7. The number of nitrogens with zero attached hydrogens (tertiary/aromatic N) is 3. The maximum Gasteiger partial charge on any atom is 0.416 e. The lowest BCUT2D eigenvalue weighted by Gasteiger charge is -2.39. The highest BCUT2D eigenvalue weighted by molar-refractivity contribution is 5.84. The van der Waals surface area contributed by atoms with Crippen molar-refractivity contribution in [3.63, 3.8) is 0 Å². The van der Waals surface area contributed by atoms with Gasteiger partial charge in [-0.1, -0.05) is 6.92 Å². The first-order valence-electron chi connectivity index (χ1n) is 12.2. The molecule has 0 aromatic carbocycles. The number of aromatic nitrogens is 1. The molecule has 1 aromatic rings. The maximum atomic E-state index is 13.6. The summed E-state index contributed by atoms with van der Waals surface area (Å²) in [5.74, 6) is 0.520. The number of halogens is 3. The van der Waals surface area contributed by atoms with Crippen LogP contribution in [0.2, 0.25) is 0 Å². The zero-order chi connectivity index (χ0) is 24.1. The van der Waals surface area contributed by atoms with Crippen LogP contribution >= 0.6 is 0 Å². The number of carbonyl (C=O) groups excluding carboxylic acids is 1. The molecule has 3 aliphatic heterocycles. The van der Waals surface area contributed by atoms with Crippen molar-refractivity contribution < 1.29 is 27.4 Å². The van der Waals surface area contributed by atoms with E-state index in [2.05, 4.69) is 17.2 Å². The van der Waals surface area contributed by atoms with Crippen LogP contribution in [0, 0.1) is 5.41 Å². The lowest BCUT2D eigenvalue weighted by Crippen LogP contribution is -2.53. The van der Waals surface area contributed by atoms with Crippen molar-refractivity contribution in [1.29, 1.82) is 0 Å². The Morgan fingerprint density at radius 3 is 2.82 bits per heavy atom. The van der Waals surface area contributed by atoms with Gasteiger partial charge in [-0.15, -0.1) is 0 Å². The fourth-order valence-corrected chi connectivity index (χ4v) is 6.31. The molecule has 7 nitrogen and oxygen atoms in total. The van der Waals surface area contributed by atoms with Crippen LogP contribution in [0.1, 0.15) is 44.6 Å². The molecular formula is C24H33F3N4O3.